The first-order valence-corrected chi connectivity index (χ1v) is 8.96. The third-order valence-electron chi connectivity index (χ3n) is 3.99. The van der Waals surface area contributed by atoms with Crippen molar-refractivity contribution in [2.24, 2.45) is 0 Å². The normalized spacial score (nSPS) is 14.6. The molecule has 0 atom stereocenters. The van der Waals surface area contributed by atoms with Gasteiger partial charge in [-0.3, -0.25) is 0 Å². The zero-order valence-corrected chi connectivity index (χ0v) is 15.5. The van der Waals surface area contributed by atoms with Gasteiger partial charge in [-0.2, -0.15) is 0 Å². The SMILES string of the molecule is O=C(OCc1ccccc1)N1CCN(c2ccc(Br)cc2Cl)CC1. The first-order chi connectivity index (χ1) is 11.6. The van der Waals surface area contributed by atoms with E-state index < -0.39 is 0 Å². The van der Waals surface area contributed by atoms with E-state index in [9.17, 15) is 4.79 Å². The van der Waals surface area contributed by atoms with Crippen LogP contribution < -0.4 is 4.90 Å². The summed E-state index contributed by atoms with van der Waals surface area (Å²) in [5.41, 5.74) is 1.99. The van der Waals surface area contributed by atoms with Crippen molar-refractivity contribution >= 4 is 39.3 Å². The average molecular weight is 410 g/mol. The summed E-state index contributed by atoms with van der Waals surface area (Å²) in [7, 11) is 0. The van der Waals surface area contributed by atoms with Gasteiger partial charge in [0.25, 0.3) is 0 Å². The van der Waals surface area contributed by atoms with Gasteiger partial charge in [0.15, 0.2) is 0 Å². The lowest BCUT2D eigenvalue weighted by Crippen LogP contribution is -2.49. The summed E-state index contributed by atoms with van der Waals surface area (Å²) in [4.78, 5) is 16.1. The third kappa shape index (κ3) is 4.22. The molecule has 24 heavy (non-hydrogen) atoms. The summed E-state index contributed by atoms with van der Waals surface area (Å²) in [6.07, 6.45) is -0.264. The number of rotatable bonds is 3. The second-order valence-corrected chi connectivity index (χ2v) is 6.93. The van der Waals surface area contributed by atoms with E-state index in [0.717, 1.165) is 28.8 Å². The second kappa shape index (κ2) is 7.90. The molecule has 1 aliphatic heterocycles. The molecule has 126 valence electrons. The molecule has 1 fully saturated rings. The first kappa shape index (κ1) is 17.1. The van der Waals surface area contributed by atoms with E-state index in [1.807, 2.05) is 48.5 Å². The molecule has 2 aromatic rings. The fourth-order valence-electron chi connectivity index (χ4n) is 2.68. The minimum Gasteiger partial charge on any atom is -0.445 e. The number of ether oxygens (including phenoxy) is 1. The number of carbonyl (C=O) groups excluding carboxylic acids is 1. The van der Waals surface area contributed by atoms with Gasteiger partial charge in [-0.15, -0.1) is 0 Å². The highest BCUT2D eigenvalue weighted by molar-refractivity contribution is 9.10. The Morgan fingerprint density at radius 1 is 1.08 bits per heavy atom. The van der Waals surface area contributed by atoms with Gasteiger partial charge in [0.2, 0.25) is 0 Å². The highest BCUT2D eigenvalue weighted by Gasteiger charge is 2.23. The van der Waals surface area contributed by atoms with Crippen LogP contribution in [0.5, 0.6) is 0 Å². The third-order valence-corrected chi connectivity index (χ3v) is 4.79. The highest BCUT2D eigenvalue weighted by Crippen LogP contribution is 2.29. The molecule has 0 spiro atoms. The second-order valence-electron chi connectivity index (χ2n) is 5.61. The van der Waals surface area contributed by atoms with E-state index >= 15 is 0 Å². The zero-order chi connectivity index (χ0) is 16.9. The summed E-state index contributed by atoms with van der Waals surface area (Å²) in [6, 6.07) is 15.6. The van der Waals surface area contributed by atoms with Crippen molar-refractivity contribution in [2.75, 3.05) is 31.1 Å². The zero-order valence-electron chi connectivity index (χ0n) is 13.1. The molecule has 0 saturated carbocycles. The molecule has 0 aliphatic carbocycles. The molecule has 0 aromatic heterocycles. The molecule has 0 radical (unpaired) electrons. The highest BCUT2D eigenvalue weighted by atomic mass is 79.9. The van der Waals surface area contributed by atoms with E-state index in [-0.39, 0.29) is 6.09 Å². The summed E-state index contributed by atoms with van der Waals surface area (Å²) in [6.45, 7) is 3.03. The molecule has 0 bridgehead atoms. The fraction of sp³-hybridized carbons (Fsp3) is 0.278. The van der Waals surface area contributed by atoms with Crippen LogP contribution in [0, 0.1) is 0 Å². The van der Waals surface area contributed by atoms with Crippen LogP contribution in [-0.2, 0) is 11.3 Å². The van der Waals surface area contributed by atoms with E-state index in [0.29, 0.717) is 24.7 Å². The first-order valence-electron chi connectivity index (χ1n) is 7.79. The van der Waals surface area contributed by atoms with Crippen LogP contribution in [0.3, 0.4) is 0 Å². The Labute approximate surface area is 155 Å². The van der Waals surface area contributed by atoms with Crippen molar-refractivity contribution in [3.8, 4) is 0 Å². The van der Waals surface area contributed by atoms with Crippen LogP contribution in [0.2, 0.25) is 5.02 Å². The molecular formula is C18H18BrClN2O2. The summed E-state index contributed by atoms with van der Waals surface area (Å²) >= 11 is 9.72. The summed E-state index contributed by atoms with van der Waals surface area (Å²) in [5, 5.41) is 0.712. The van der Waals surface area contributed by atoms with Crippen LogP contribution in [0.15, 0.2) is 53.0 Å². The maximum Gasteiger partial charge on any atom is 0.410 e. The smallest absolute Gasteiger partial charge is 0.410 e. The van der Waals surface area contributed by atoms with Gasteiger partial charge < -0.3 is 14.5 Å². The predicted molar refractivity (Wildman–Crippen MR) is 99.6 cm³/mol. The number of halogens is 2. The van der Waals surface area contributed by atoms with E-state index in [1.54, 1.807) is 4.90 Å². The van der Waals surface area contributed by atoms with Crippen molar-refractivity contribution in [3.63, 3.8) is 0 Å². The van der Waals surface area contributed by atoms with Crippen LogP contribution in [0.1, 0.15) is 5.56 Å². The number of carbonyl (C=O) groups is 1. The molecule has 0 N–H and O–H groups in total. The van der Waals surface area contributed by atoms with Gasteiger partial charge in [0, 0.05) is 30.7 Å². The quantitative estimate of drug-likeness (QED) is 0.745. The lowest BCUT2D eigenvalue weighted by Gasteiger charge is -2.35. The molecule has 1 heterocycles. The van der Waals surface area contributed by atoms with Crippen molar-refractivity contribution in [1.82, 2.24) is 4.90 Å². The van der Waals surface area contributed by atoms with Crippen LogP contribution in [0.4, 0.5) is 10.5 Å². The molecule has 1 amide bonds. The molecule has 3 rings (SSSR count). The number of nitrogens with zero attached hydrogens (tertiary/aromatic N) is 2. The summed E-state index contributed by atoms with van der Waals surface area (Å²) < 4.78 is 6.34. The number of amides is 1. The minimum absolute atomic E-state index is 0.264. The number of anilines is 1. The Morgan fingerprint density at radius 2 is 1.79 bits per heavy atom. The van der Waals surface area contributed by atoms with Crippen LogP contribution in [-0.4, -0.2) is 37.2 Å². The number of hydrogen-bond acceptors (Lipinski definition) is 3. The molecule has 0 unspecified atom stereocenters. The van der Waals surface area contributed by atoms with Crippen molar-refractivity contribution in [2.45, 2.75) is 6.61 Å². The number of hydrogen-bond donors (Lipinski definition) is 0. The predicted octanol–water partition coefficient (Wildman–Crippen LogP) is 4.56. The topological polar surface area (TPSA) is 32.8 Å². The molecule has 1 aliphatic rings. The van der Waals surface area contributed by atoms with Crippen molar-refractivity contribution < 1.29 is 9.53 Å². The van der Waals surface area contributed by atoms with E-state index in [4.69, 9.17) is 16.3 Å². The minimum atomic E-state index is -0.264. The van der Waals surface area contributed by atoms with E-state index in [1.165, 1.54) is 0 Å². The van der Waals surface area contributed by atoms with Gasteiger partial charge in [0.05, 0.1) is 10.7 Å². The fourth-order valence-corrected chi connectivity index (χ4v) is 3.47. The van der Waals surface area contributed by atoms with Gasteiger partial charge in [-0.25, -0.2) is 4.79 Å². The number of piperazine rings is 1. The van der Waals surface area contributed by atoms with Gasteiger partial charge in [-0.05, 0) is 23.8 Å². The van der Waals surface area contributed by atoms with Gasteiger partial charge >= 0.3 is 6.09 Å². The van der Waals surface area contributed by atoms with Crippen LogP contribution in [0.25, 0.3) is 0 Å². The lowest BCUT2D eigenvalue weighted by molar-refractivity contribution is 0.0942. The maximum atomic E-state index is 12.2. The molecule has 4 nitrogen and oxygen atoms in total. The molecule has 6 heteroatoms. The van der Waals surface area contributed by atoms with Crippen molar-refractivity contribution in [1.29, 1.82) is 0 Å². The lowest BCUT2D eigenvalue weighted by atomic mass is 10.2. The van der Waals surface area contributed by atoms with Crippen LogP contribution >= 0.6 is 27.5 Å². The Bertz CT molecular complexity index is 703. The largest absolute Gasteiger partial charge is 0.445 e. The molecule has 2 aromatic carbocycles. The maximum absolute atomic E-state index is 12.2. The molecular weight excluding hydrogens is 392 g/mol. The molecule has 1 saturated heterocycles. The Balaban J connectivity index is 1.52. The standard InChI is InChI=1S/C18H18BrClN2O2/c19-15-6-7-17(16(20)12-15)21-8-10-22(11-9-21)18(23)24-13-14-4-2-1-3-5-14/h1-7,12H,8-11,13H2. The van der Waals surface area contributed by atoms with Gasteiger partial charge in [-0.1, -0.05) is 57.9 Å². The van der Waals surface area contributed by atoms with Gasteiger partial charge in [0.1, 0.15) is 6.61 Å². The Morgan fingerprint density at radius 3 is 2.46 bits per heavy atom. The van der Waals surface area contributed by atoms with Crippen molar-refractivity contribution in [3.05, 3.63) is 63.6 Å². The Hall–Kier alpha value is -1.72. The summed E-state index contributed by atoms with van der Waals surface area (Å²) in [5.74, 6) is 0. The average Bonchev–Trinajstić information content (AvgIpc) is 2.61. The Kier molecular flexibility index (Phi) is 5.63. The monoisotopic (exact) mass is 408 g/mol. The number of benzene rings is 2. The van der Waals surface area contributed by atoms with E-state index in [2.05, 4.69) is 20.8 Å².